The second-order valence-electron chi connectivity index (χ2n) is 5.96. The Morgan fingerprint density at radius 3 is 1.93 bits per heavy atom. The first kappa shape index (κ1) is 18.3. The molecule has 0 aliphatic heterocycles. The molecule has 0 saturated carbocycles. The molecule has 0 fully saturated rings. The van der Waals surface area contributed by atoms with Crippen LogP contribution < -0.4 is 10.6 Å². The number of nitro groups is 1. The molecule has 0 aromatic heterocycles. The highest BCUT2D eigenvalue weighted by Crippen LogP contribution is 2.24. The maximum Gasteiger partial charge on any atom is 0.292 e. The highest BCUT2D eigenvalue weighted by molar-refractivity contribution is 5.94. The van der Waals surface area contributed by atoms with E-state index in [9.17, 15) is 14.9 Å². The minimum absolute atomic E-state index is 0.0144. The summed E-state index contributed by atoms with van der Waals surface area (Å²) in [6.45, 7) is 0.0144. The molecule has 0 aliphatic carbocycles. The van der Waals surface area contributed by atoms with Gasteiger partial charge in [0.1, 0.15) is 5.69 Å². The van der Waals surface area contributed by atoms with Gasteiger partial charge in [0.05, 0.1) is 17.5 Å². The zero-order valence-electron chi connectivity index (χ0n) is 14.5. The lowest BCUT2D eigenvalue weighted by Crippen LogP contribution is -2.32. The molecule has 0 unspecified atom stereocenters. The number of para-hydroxylation sites is 2. The number of nitrogens with zero attached hydrogens (tertiary/aromatic N) is 1. The Bertz CT molecular complexity index is 875. The maximum absolute atomic E-state index is 12.4. The van der Waals surface area contributed by atoms with Crippen LogP contribution in [0.2, 0.25) is 0 Å². The summed E-state index contributed by atoms with van der Waals surface area (Å²) in [6, 6.07) is 25.5. The Morgan fingerprint density at radius 2 is 1.37 bits per heavy atom. The first-order chi connectivity index (χ1) is 13.1. The Kier molecular flexibility index (Phi) is 5.91. The molecule has 3 aromatic carbocycles. The summed E-state index contributed by atoms with van der Waals surface area (Å²) in [7, 11) is 0. The van der Waals surface area contributed by atoms with Crippen LogP contribution in [0, 0.1) is 10.1 Å². The number of benzene rings is 3. The van der Waals surface area contributed by atoms with Gasteiger partial charge in [0.15, 0.2) is 0 Å². The SMILES string of the molecule is O=C(CNC(c1ccccc1)c1ccccc1)Nc1ccccc1[N+](=O)[O-]. The molecule has 0 atom stereocenters. The predicted molar refractivity (Wildman–Crippen MR) is 104 cm³/mol. The summed E-state index contributed by atoms with van der Waals surface area (Å²) in [5.41, 5.74) is 2.11. The minimum atomic E-state index is -0.514. The van der Waals surface area contributed by atoms with Gasteiger partial charge in [-0.2, -0.15) is 0 Å². The van der Waals surface area contributed by atoms with Crippen molar-refractivity contribution in [3.63, 3.8) is 0 Å². The number of nitrogens with one attached hydrogen (secondary N) is 2. The van der Waals surface area contributed by atoms with E-state index in [1.165, 1.54) is 12.1 Å². The van der Waals surface area contributed by atoms with Crippen LogP contribution in [0.25, 0.3) is 0 Å². The third-order valence-electron chi connectivity index (χ3n) is 4.11. The quantitative estimate of drug-likeness (QED) is 0.493. The fraction of sp³-hybridized carbons (Fsp3) is 0.0952. The van der Waals surface area contributed by atoms with Gasteiger partial charge in [0.25, 0.3) is 5.69 Å². The van der Waals surface area contributed by atoms with Crippen molar-refractivity contribution < 1.29 is 9.72 Å². The Morgan fingerprint density at radius 1 is 0.852 bits per heavy atom. The number of hydrogen-bond donors (Lipinski definition) is 2. The molecule has 0 bridgehead atoms. The molecule has 1 amide bonds. The fourth-order valence-electron chi connectivity index (χ4n) is 2.85. The summed E-state index contributed by atoms with van der Waals surface area (Å²) in [5, 5.41) is 16.9. The fourth-order valence-corrected chi connectivity index (χ4v) is 2.85. The average Bonchev–Trinajstić information content (AvgIpc) is 2.70. The summed E-state index contributed by atoms with van der Waals surface area (Å²) < 4.78 is 0. The molecule has 0 spiro atoms. The number of amides is 1. The molecule has 0 aliphatic rings. The standard InChI is InChI=1S/C21H19N3O3/c25-20(23-18-13-7-8-14-19(18)24(26)27)15-22-21(16-9-3-1-4-10-16)17-11-5-2-6-12-17/h1-14,21-22H,15H2,(H,23,25). The lowest BCUT2D eigenvalue weighted by Gasteiger charge is -2.19. The van der Waals surface area contributed by atoms with E-state index in [0.717, 1.165) is 11.1 Å². The molecule has 27 heavy (non-hydrogen) atoms. The van der Waals surface area contributed by atoms with Crippen molar-refractivity contribution in [1.29, 1.82) is 0 Å². The number of rotatable bonds is 7. The van der Waals surface area contributed by atoms with Crippen molar-refractivity contribution in [3.8, 4) is 0 Å². The Balaban J connectivity index is 1.73. The van der Waals surface area contributed by atoms with Gasteiger partial charge in [-0.05, 0) is 17.2 Å². The van der Waals surface area contributed by atoms with Crippen LogP contribution in [0.4, 0.5) is 11.4 Å². The van der Waals surface area contributed by atoms with E-state index >= 15 is 0 Å². The summed E-state index contributed by atoms with van der Waals surface area (Å²) in [6.07, 6.45) is 0. The van der Waals surface area contributed by atoms with Crippen LogP contribution in [0.1, 0.15) is 17.2 Å². The second kappa shape index (κ2) is 8.73. The summed E-state index contributed by atoms with van der Waals surface area (Å²) in [5.74, 6) is -0.346. The van der Waals surface area contributed by atoms with Gasteiger partial charge < -0.3 is 5.32 Å². The Labute approximate surface area is 157 Å². The molecule has 136 valence electrons. The topological polar surface area (TPSA) is 84.3 Å². The lowest BCUT2D eigenvalue weighted by atomic mass is 9.99. The van der Waals surface area contributed by atoms with E-state index in [1.54, 1.807) is 12.1 Å². The zero-order chi connectivity index (χ0) is 19.1. The van der Waals surface area contributed by atoms with Gasteiger partial charge in [0.2, 0.25) is 5.91 Å². The van der Waals surface area contributed by atoms with Gasteiger partial charge in [-0.15, -0.1) is 0 Å². The van der Waals surface area contributed by atoms with Crippen LogP contribution in [0.5, 0.6) is 0 Å². The molecule has 6 heteroatoms. The van der Waals surface area contributed by atoms with E-state index < -0.39 is 4.92 Å². The van der Waals surface area contributed by atoms with Gasteiger partial charge in [0, 0.05) is 6.07 Å². The molecule has 6 nitrogen and oxygen atoms in total. The monoisotopic (exact) mass is 361 g/mol. The van der Waals surface area contributed by atoms with Crippen LogP contribution in [-0.2, 0) is 4.79 Å². The molecule has 0 saturated heterocycles. The molecular weight excluding hydrogens is 342 g/mol. The number of carbonyl (C=O) groups excluding carboxylic acids is 1. The molecule has 2 N–H and O–H groups in total. The van der Waals surface area contributed by atoms with Crippen molar-refractivity contribution in [3.05, 3.63) is 106 Å². The summed E-state index contributed by atoms with van der Waals surface area (Å²) >= 11 is 0. The van der Waals surface area contributed by atoms with Crippen molar-refractivity contribution in [2.75, 3.05) is 11.9 Å². The van der Waals surface area contributed by atoms with Gasteiger partial charge in [-0.3, -0.25) is 20.2 Å². The van der Waals surface area contributed by atoms with E-state index in [4.69, 9.17) is 0 Å². The average molecular weight is 361 g/mol. The van der Waals surface area contributed by atoms with E-state index in [-0.39, 0.29) is 29.9 Å². The Hall–Kier alpha value is -3.51. The first-order valence-corrected chi connectivity index (χ1v) is 8.51. The van der Waals surface area contributed by atoms with Crippen LogP contribution >= 0.6 is 0 Å². The molecule has 0 radical (unpaired) electrons. The second-order valence-corrected chi connectivity index (χ2v) is 5.96. The highest BCUT2D eigenvalue weighted by Gasteiger charge is 2.17. The molecule has 3 aromatic rings. The zero-order valence-corrected chi connectivity index (χ0v) is 14.5. The minimum Gasteiger partial charge on any atom is -0.319 e. The number of carbonyl (C=O) groups is 1. The van der Waals surface area contributed by atoms with Gasteiger partial charge >= 0.3 is 0 Å². The number of nitro benzene ring substituents is 1. The first-order valence-electron chi connectivity index (χ1n) is 8.51. The highest BCUT2D eigenvalue weighted by atomic mass is 16.6. The van der Waals surface area contributed by atoms with E-state index in [1.807, 2.05) is 60.7 Å². The van der Waals surface area contributed by atoms with Crippen molar-refractivity contribution in [2.45, 2.75) is 6.04 Å². The molecular formula is C21H19N3O3. The van der Waals surface area contributed by atoms with Gasteiger partial charge in [-0.1, -0.05) is 72.8 Å². The molecule has 3 rings (SSSR count). The normalized spacial score (nSPS) is 10.6. The predicted octanol–water partition coefficient (Wildman–Crippen LogP) is 3.91. The number of anilines is 1. The summed E-state index contributed by atoms with van der Waals surface area (Å²) in [4.78, 5) is 22.9. The van der Waals surface area contributed by atoms with Gasteiger partial charge in [-0.25, -0.2) is 0 Å². The maximum atomic E-state index is 12.4. The third-order valence-corrected chi connectivity index (χ3v) is 4.11. The van der Waals surface area contributed by atoms with Crippen molar-refractivity contribution in [2.24, 2.45) is 0 Å². The lowest BCUT2D eigenvalue weighted by molar-refractivity contribution is -0.383. The van der Waals surface area contributed by atoms with Crippen LogP contribution in [0.3, 0.4) is 0 Å². The van der Waals surface area contributed by atoms with Crippen LogP contribution in [-0.4, -0.2) is 17.4 Å². The van der Waals surface area contributed by atoms with Crippen LogP contribution in [0.15, 0.2) is 84.9 Å². The van der Waals surface area contributed by atoms with Crippen molar-refractivity contribution in [1.82, 2.24) is 5.32 Å². The number of hydrogen-bond acceptors (Lipinski definition) is 4. The third kappa shape index (κ3) is 4.77. The molecule has 0 heterocycles. The largest absolute Gasteiger partial charge is 0.319 e. The van der Waals surface area contributed by atoms with Crippen molar-refractivity contribution >= 4 is 17.3 Å². The van der Waals surface area contributed by atoms with E-state index in [0.29, 0.717) is 0 Å². The smallest absolute Gasteiger partial charge is 0.292 e. The van der Waals surface area contributed by atoms with E-state index in [2.05, 4.69) is 10.6 Å².